The van der Waals surface area contributed by atoms with E-state index in [0.717, 1.165) is 35.1 Å². The van der Waals surface area contributed by atoms with E-state index in [1.54, 1.807) is 23.5 Å². The fraction of sp³-hybridized carbons (Fsp3) is 0.368. The number of anilines is 1. The number of aromatic nitrogens is 3. The van der Waals surface area contributed by atoms with Crippen LogP contribution in [-0.2, 0) is 24.2 Å². The van der Waals surface area contributed by atoms with Crippen LogP contribution >= 0.6 is 22.9 Å². The molecule has 0 aliphatic heterocycles. The fourth-order valence-corrected chi connectivity index (χ4v) is 4.94. The van der Waals surface area contributed by atoms with Crippen molar-refractivity contribution in [1.82, 2.24) is 15.0 Å². The van der Waals surface area contributed by atoms with Gasteiger partial charge >= 0.3 is 0 Å². The highest BCUT2D eigenvalue weighted by molar-refractivity contribution is 7.18. The molecule has 0 saturated heterocycles. The number of carbonyl (C=O) groups excluding carboxylic acids is 1. The van der Waals surface area contributed by atoms with Gasteiger partial charge in [-0.15, -0.1) is 16.4 Å². The highest BCUT2D eigenvalue weighted by Crippen LogP contribution is 2.35. The van der Waals surface area contributed by atoms with Crippen LogP contribution in [0.4, 0.5) is 5.69 Å². The summed E-state index contributed by atoms with van der Waals surface area (Å²) in [5.74, 6) is 0.279. The van der Waals surface area contributed by atoms with Gasteiger partial charge in [0.15, 0.2) is 4.83 Å². The van der Waals surface area contributed by atoms with Crippen molar-refractivity contribution in [3.63, 3.8) is 0 Å². The summed E-state index contributed by atoms with van der Waals surface area (Å²) in [7, 11) is 0. The number of rotatable bonds is 3. The van der Waals surface area contributed by atoms with Gasteiger partial charge in [-0.1, -0.05) is 29.8 Å². The van der Waals surface area contributed by atoms with Gasteiger partial charge in [-0.3, -0.25) is 9.59 Å². The lowest BCUT2D eigenvalue weighted by molar-refractivity contribution is -0.117. The number of hydrogen-bond acceptors (Lipinski definition) is 5. The molecule has 1 aliphatic carbocycles. The normalized spacial score (nSPS) is 16.3. The Balaban J connectivity index is 1.62. The zero-order chi connectivity index (χ0) is 19.1. The number of benzene rings is 1. The summed E-state index contributed by atoms with van der Waals surface area (Å²) < 4.78 is 1.14. The number of fused-ring (bicyclic) bond motifs is 3. The summed E-state index contributed by atoms with van der Waals surface area (Å²) in [6.07, 6.45) is 2.92. The largest absolute Gasteiger partial charge is 0.324 e. The fourth-order valence-electron chi connectivity index (χ4n) is 3.45. The lowest BCUT2D eigenvalue weighted by atomic mass is 9.89. The Bertz CT molecular complexity index is 1110. The van der Waals surface area contributed by atoms with E-state index in [2.05, 4.69) is 22.6 Å². The van der Waals surface area contributed by atoms with Crippen LogP contribution in [0.5, 0.6) is 0 Å². The van der Waals surface area contributed by atoms with Crippen LogP contribution in [0.25, 0.3) is 10.2 Å². The molecule has 6 nitrogen and oxygen atoms in total. The molecule has 1 N–H and O–H groups in total. The number of thiophene rings is 1. The first-order chi connectivity index (χ1) is 12.9. The van der Waals surface area contributed by atoms with Gasteiger partial charge < -0.3 is 5.32 Å². The Labute approximate surface area is 165 Å². The van der Waals surface area contributed by atoms with E-state index < -0.39 is 0 Å². The molecule has 0 bridgehead atoms. The third-order valence-electron chi connectivity index (χ3n) is 4.95. The second-order valence-electron chi connectivity index (χ2n) is 7.09. The van der Waals surface area contributed by atoms with E-state index in [1.165, 1.54) is 4.88 Å². The molecule has 1 aliphatic rings. The molecule has 0 saturated carbocycles. The zero-order valence-corrected chi connectivity index (χ0v) is 16.7. The number of carbonyl (C=O) groups is 1. The number of nitrogens with zero attached hydrogens (tertiary/aromatic N) is 3. The van der Waals surface area contributed by atoms with E-state index in [9.17, 15) is 9.59 Å². The first kappa shape index (κ1) is 18.1. The molecule has 0 unspecified atom stereocenters. The van der Waals surface area contributed by atoms with Crippen molar-refractivity contribution in [3.8, 4) is 0 Å². The second kappa shape index (κ2) is 7.05. The Morgan fingerprint density at radius 2 is 2.26 bits per heavy atom. The molecule has 8 heteroatoms. The second-order valence-corrected chi connectivity index (χ2v) is 8.61. The minimum absolute atomic E-state index is 0.186. The van der Waals surface area contributed by atoms with Gasteiger partial charge in [0.1, 0.15) is 6.54 Å². The van der Waals surface area contributed by atoms with Crippen molar-refractivity contribution in [3.05, 3.63) is 49.6 Å². The van der Waals surface area contributed by atoms with Gasteiger partial charge in [-0.2, -0.15) is 0 Å². The van der Waals surface area contributed by atoms with Gasteiger partial charge in [0.2, 0.25) is 5.91 Å². The van der Waals surface area contributed by atoms with E-state index >= 15 is 0 Å². The Morgan fingerprint density at radius 1 is 1.44 bits per heavy atom. The van der Waals surface area contributed by atoms with E-state index in [1.807, 2.05) is 13.0 Å². The molecule has 0 spiro atoms. The van der Waals surface area contributed by atoms with Crippen LogP contribution in [0.1, 0.15) is 29.3 Å². The monoisotopic (exact) mass is 402 g/mol. The van der Waals surface area contributed by atoms with Crippen molar-refractivity contribution < 1.29 is 4.79 Å². The van der Waals surface area contributed by atoms with Crippen LogP contribution < -0.4 is 10.9 Å². The van der Waals surface area contributed by atoms with Gasteiger partial charge in [0.25, 0.3) is 5.56 Å². The maximum atomic E-state index is 12.9. The lowest BCUT2D eigenvalue weighted by Gasteiger charge is -2.17. The standard InChI is InChI=1S/C19H19ClN4O2S/c1-10-3-6-13-15(7-10)27-18-17(13)19(26)24(23-22-18)9-16(25)21-14-8-12(20)5-4-11(14)2/h4-5,8,10H,3,6-7,9H2,1-2H3,(H,21,25)/t10-/m0/s1. The predicted molar refractivity (Wildman–Crippen MR) is 108 cm³/mol. The average Bonchev–Trinajstić information content (AvgIpc) is 2.98. The summed E-state index contributed by atoms with van der Waals surface area (Å²) >= 11 is 7.54. The maximum Gasteiger partial charge on any atom is 0.279 e. The molecule has 140 valence electrons. The molecule has 0 radical (unpaired) electrons. The predicted octanol–water partition coefficient (Wildman–Crippen LogP) is 3.58. The molecule has 0 fully saturated rings. The molecule has 3 aromatic rings. The van der Waals surface area contributed by atoms with Crippen molar-refractivity contribution in [2.75, 3.05) is 5.32 Å². The van der Waals surface area contributed by atoms with Gasteiger partial charge in [-0.25, -0.2) is 4.68 Å². The highest BCUT2D eigenvalue weighted by atomic mass is 35.5. The van der Waals surface area contributed by atoms with Crippen LogP contribution in [0.15, 0.2) is 23.0 Å². The smallest absolute Gasteiger partial charge is 0.279 e. The summed E-state index contributed by atoms with van der Waals surface area (Å²) in [4.78, 5) is 27.2. The molecule has 2 heterocycles. The zero-order valence-electron chi connectivity index (χ0n) is 15.1. The minimum atomic E-state index is -0.339. The first-order valence-electron chi connectivity index (χ1n) is 8.86. The number of hydrogen-bond donors (Lipinski definition) is 1. The summed E-state index contributed by atoms with van der Waals surface area (Å²) in [6, 6.07) is 5.27. The average molecular weight is 403 g/mol. The number of nitrogens with one attached hydrogen (secondary N) is 1. The maximum absolute atomic E-state index is 12.9. The van der Waals surface area contributed by atoms with E-state index in [-0.39, 0.29) is 18.0 Å². The molecular weight excluding hydrogens is 384 g/mol. The third kappa shape index (κ3) is 3.49. The van der Waals surface area contributed by atoms with E-state index in [4.69, 9.17) is 11.6 Å². The van der Waals surface area contributed by atoms with Crippen LogP contribution in [0.3, 0.4) is 0 Å². The van der Waals surface area contributed by atoms with Gasteiger partial charge in [0.05, 0.1) is 5.39 Å². The lowest BCUT2D eigenvalue weighted by Crippen LogP contribution is -2.30. The molecule has 4 rings (SSSR count). The number of aryl methyl sites for hydroxylation is 2. The van der Waals surface area contributed by atoms with Crippen molar-refractivity contribution in [2.24, 2.45) is 5.92 Å². The van der Waals surface area contributed by atoms with Crippen LogP contribution in [0, 0.1) is 12.8 Å². The molecule has 27 heavy (non-hydrogen) atoms. The highest BCUT2D eigenvalue weighted by Gasteiger charge is 2.24. The summed E-state index contributed by atoms with van der Waals surface area (Å²) in [5.41, 5.74) is 2.36. The van der Waals surface area contributed by atoms with Crippen molar-refractivity contribution in [2.45, 2.75) is 39.7 Å². The number of halogens is 1. The Hall–Kier alpha value is -2.25. The van der Waals surface area contributed by atoms with Crippen LogP contribution in [0.2, 0.25) is 5.02 Å². The summed E-state index contributed by atoms with van der Waals surface area (Å²) in [5, 5.41) is 12.1. The van der Waals surface area contributed by atoms with Crippen LogP contribution in [-0.4, -0.2) is 20.9 Å². The Kier molecular flexibility index (Phi) is 4.74. The molecule has 2 aromatic heterocycles. The van der Waals surface area contributed by atoms with Crippen molar-refractivity contribution in [1.29, 1.82) is 0 Å². The first-order valence-corrected chi connectivity index (χ1v) is 10.1. The van der Waals surface area contributed by atoms with E-state index in [0.29, 0.717) is 26.8 Å². The quantitative estimate of drug-likeness (QED) is 0.726. The summed E-state index contributed by atoms with van der Waals surface area (Å²) in [6.45, 7) is 3.91. The Morgan fingerprint density at radius 3 is 3.07 bits per heavy atom. The number of amides is 1. The SMILES string of the molecule is Cc1ccc(Cl)cc1NC(=O)Cn1nnc2sc3c(c2c1=O)CC[C@H](C)C3. The van der Waals surface area contributed by atoms with Gasteiger partial charge in [-0.05, 0) is 55.4 Å². The molecular formula is C19H19ClN4O2S. The molecule has 1 aromatic carbocycles. The molecule has 1 atom stereocenters. The van der Waals surface area contributed by atoms with Gasteiger partial charge in [0, 0.05) is 15.6 Å². The van der Waals surface area contributed by atoms with Crippen molar-refractivity contribution >= 4 is 44.7 Å². The third-order valence-corrected chi connectivity index (χ3v) is 6.33. The molecule has 1 amide bonds. The topological polar surface area (TPSA) is 76.9 Å². The minimum Gasteiger partial charge on any atom is -0.324 e.